The number of carboxylic acid groups (broad SMARTS) is 3. The Bertz CT molecular complexity index is 1720. The van der Waals surface area contributed by atoms with Gasteiger partial charge in [0.2, 0.25) is 5.91 Å². The van der Waals surface area contributed by atoms with E-state index in [1.54, 1.807) is 20.9 Å². The lowest BCUT2D eigenvalue weighted by Gasteiger charge is -2.32. The fourth-order valence-electron chi connectivity index (χ4n) is 6.06. The minimum absolute atomic E-state index is 0.0733. The van der Waals surface area contributed by atoms with E-state index in [2.05, 4.69) is 20.3 Å². The number of fused-ring (bicyclic) bond motifs is 1. The normalized spacial score (nSPS) is 16.3. The molecule has 1 amide bonds. The number of nitrogens with one attached hydrogen (secondary N) is 2. The van der Waals surface area contributed by atoms with E-state index in [0.29, 0.717) is 81.9 Å². The quantitative estimate of drug-likeness (QED) is 0.114. The summed E-state index contributed by atoms with van der Waals surface area (Å²) in [4.78, 5) is 66.4. The molecule has 1 aliphatic heterocycles. The number of aromatic amines is 1. The van der Waals surface area contributed by atoms with Crippen molar-refractivity contribution < 1.29 is 43.4 Å². The Morgan fingerprint density at radius 3 is 1.91 bits per heavy atom. The minimum atomic E-state index is -1.38. The third kappa shape index (κ3) is 14.4. The van der Waals surface area contributed by atoms with Gasteiger partial charge in [-0.1, -0.05) is 0 Å². The van der Waals surface area contributed by atoms with Crippen LogP contribution in [0.1, 0.15) is 36.1 Å². The molecule has 5 N–H and O–H groups in total. The van der Waals surface area contributed by atoms with Gasteiger partial charge in [-0.25, -0.2) is 4.98 Å². The Morgan fingerprint density at radius 1 is 0.796 bits per heavy atom. The van der Waals surface area contributed by atoms with E-state index in [0.717, 1.165) is 41.6 Å². The summed E-state index contributed by atoms with van der Waals surface area (Å²) in [5.41, 5.74) is 4.34. The standard InChI is InChI=1S/C36H52N8O9S/c1-26-8-10-37-31(27(26)2)25-54(52)36-39-29-7-6-28(20-30(29)40-36)53-19-5-3-4-9-38-32(45)21-41-11-13-42(22-33(46)47)15-17-44(24-35(50)51)18-16-43(14-12-41)23-34(48)49/h6-8,10,20H,3-5,9,11-19,21-25H2,1-2H3,(H,38,45)(H,39,40)(H,46,47)(H,48,49)(H,50,51). The second-order valence-corrected chi connectivity index (χ2v) is 14.8. The van der Waals surface area contributed by atoms with Crippen LogP contribution in [0.25, 0.3) is 11.0 Å². The Hall–Kier alpha value is -4.49. The molecule has 0 saturated carbocycles. The Kier molecular flexibility index (Phi) is 16.8. The maximum absolute atomic E-state index is 13.0. The first-order valence-electron chi connectivity index (χ1n) is 18.1. The van der Waals surface area contributed by atoms with E-state index in [1.807, 2.05) is 43.0 Å². The van der Waals surface area contributed by atoms with Gasteiger partial charge in [0.05, 0.1) is 66.1 Å². The molecule has 0 bridgehead atoms. The summed E-state index contributed by atoms with van der Waals surface area (Å²) < 4.78 is 19.0. The number of hydrogen-bond acceptors (Lipinski definition) is 12. The van der Waals surface area contributed by atoms with Crippen molar-refractivity contribution in [1.29, 1.82) is 0 Å². The maximum Gasteiger partial charge on any atom is 0.317 e. The molecule has 18 heteroatoms. The number of aromatic nitrogens is 3. The highest BCUT2D eigenvalue weighted by Gasteiger charge is 2.21. The Labute approximate surface area is 317 Å². The van der Waals surface area contributed by atoms with Crippen LogP contribution in [0.4, 0.5) is 0 Å². The van der Waals surface area contributed by atoms with E-state index in [-0.39, 0.29) is 37.8 Å². The van der Waals surface area contributed by atoms with Crippen molar-refractivity contribution in [1.82, 2.24) is 39.9 Å². The zero-order valence-corrected chi connectivity index (χ0v) is 31.8. The summed E-state index contributed by atoms with van der Waals surface area (Å²) in [5.74, 6) is -2.26. The SMILES string of the molecule is Cc1ccnc(CS(=O)c2nc3ccc(OCCCCCNC(=O)CN4CCN(CC(=O)O)CCN(CC(=O)O)CCN(CC(=O)O)CC4)cc3[nH]2)c1C. The number of nitrogens with zero attached hydrogens (tertiary/aromatic N) is 6. The molecule has 1 aromatic carbocycles. The van der Waals surface area contributed by atoms with Crippen molar-refractivity contribution in [2.75, 3.05) is 91.7 Å². The number of imidazole rings is 1. The lowest BCUT2D eigenvalue weighted by atomic mass is 10.1. The first-order valence-corrected chi connectivity index (χ1v) is 19.4. The van der Waals surface area contributed by atoms with E-state index >= 15 is 0 Å². The largest absolute Gasteiger partial charge is 0.494 e. The van der Waals surface area contributed by atoms with E-state index in [1.165, 1.54) is 0 Å². The molecule has 54 heavy (non-hydrogen) atoms. The summed E-state index contributed by atoms with van der Waals surface area (Å²) >= 11 is 0. The summed E-state index contributed by atoms with van der Waals surface area (Å²) in [7, 11) is -1.38. The van der Waals surface area contributed by atoms with Crippen LogP contribution in [0.15, 0.2) is 35.6 Å². The number of amides is 1. The predicted molar refractivity (Wildman–Crippen MR) is 201 cm³/mol. The van der Waals surface area contributed by atoms with Gasteiger partial charge in [-0.15, -0.1) is 0 Å². The molecule has 17 nitrogen and oxygen atoms in total. The van der Waals surface area contributed by atoms with Crippen LogP contribution >= 0.6 is 0 Å². The van der Waals surface area contributed by atoms with Gasteiger partial charge in [0.15, 0.2) is 5.16 Å². The van der Waals surface area contributed by atoms with Gasteiger partial charge in [-0.05, 0) is 62.4 Å². The number of aliphatic carboxylic acids is 3. The Morgan fingerprint density at radius 2 is 1.35 bits per heavy atom. The van der Waals surface area contributed by atoms with Crippen LogP contribution in [0, 0.1) is 13.8 Å². The lowest BCUT2D eigenvalue weighted by molar-refractivity contribution is -0.140. The third-order valence-electron chi connectivity index (χ3n) is 9.28. The van der Waals surface area contributed by atoms with Crippen LogP contribution in [0.2, 0.25) is 0 Å². The van der Waals surface area contributed by atoms with Gasteiger partial charge >= 0.3 is 17.9 Å². The molecular formula is C36H52N8O9S. The van der Waals surface area contributed by atoms with Gasteiger partial charge in [-0.2, -0.15) is 0 Å². The second kappa shape index (κ2) is 21.4. The molecule has 1 saturated heterocycles. The molecule has 3 heterocycles. The molecule has 1 unspecified atom stereocenters. The van der Waals surface area contributed by atoms with Crippen LogP contribution in [0.3, 0.4) is 0 Å². The minimum Gasteiger partial charge on any atom is -0.494 e. The topological polar surface area (TPSA) is 222 Å². The molecule has 4 rings (SSSR count). The van der Waals surface area contributed by atoms with Crippen molar-refractivity contribution in [2.24, 2.45) is 0 Å². The number of ether oxygens (including phenoxy) is 1. The molecule has 1 fully saturated rings. The molecule has 1 aliphatic rings. The van der Waals surface area contributed by atoms with Crippen LogP contribution in [0.5, 0.6) is 5.75 Å². The molecule has 1 atom stereocenters. The number of H-pyrrole nitrogens is 1. The van der Waals surface area contributed by atoms with E-state index in [4.69, 9.17) is 4.74 Å². The summed E-state index contributed by atoms with van der Waals surface area (Å²) in [6, 6.07) is 7.43. The zero-order chi connectivity index (χ0) is 39.0. The predicted octanol–water partition coefficient (Wildman–Crippen LogP) is 1.02. The first kappa shape index (κ1) is 42.3. The van der Waals surface area contributed by atoms with Crippen LogP contribution < -0.4 is 10.1 Å². The molecule has 3 aromatic rings. The summed E-state index contributed by atoms with van der Waals surface area (Å²) in [6.45, 7) is 7.03. The molecule has 2 aromatic heterocycles. The van der Waals surface area contributed by atoms with Crippen molar-refractivity contribution >= 4 is 45.6 Å². The highest BCUT2D eigenvalue weighted by Crippen LogP contribution is 2.22. The monoisotopic (exact) mass is 772 g/mol. The maximum atomic E-state index is 13.0. The fraction of sp³-hybridized carbons (Fsp3) is 0.556. The second-order valence-electron chi connectivity index (χ2n) is 13.5. The van der Waals surface area contributed by atoms with Crippen molar-refractivity contribution in [2.45, 2.75) is 44.0 Å². The first-order chi connectivity index (χ1) is 25.9. The molecule has 0 aliphatic carbocycles. The number of aryl methyl sites for hydroxylation is 1. The highest BCUT2D eigenvalue weighted by molar-refractivity contribution is 7.84. The number of carboxylic acids is 3. The lowest BCUT2D eigenvalue weighted by Crippen LogP contribution is -2.49. The summed E-state index contributed by atoms with van der Waals surface area (Å²) in [6.07, 6.45) is 4.05. The van der Waals surface area contributed by atoms with Gasteiger partial charge in [0.1, 0.15) is 5.75 Å². The number of unbranched alkanes of at least 4 members (excludes halogenated alkanes) is 2. The van der Waals surface area contributed by atoms with Gasteiger partial charge < -0.3 is 30.4 Å². The zero-order valence-electron chi connectivity index (χ0n) is 31.0. The number of benzene rings is 1. The van der Waals surface area contributed by atoms with E-state index < -0.39 is 28.7 Å². The average Bonchev–Trinajstić information content (AvgIpc) is 3.54. The number of carbonyl (C=O) groups is 4. The smallest absolute Gasteiger partial charge is 0.317 e. The van der Waals surface area contributed by atoms with Crippen molar-refractivity contribution in [3.05, 3.63) is 47.3 Å². The number of carbonyl (C=O) groups excluding carboxylic acids is 1. The van der Waals surface area contributed by atoms with Crippen LogP contribution in [-0.2, 0) is 35.7 Å². The number of pyridine rings is 1. The van der Waals surface area contributed by atoms with Gasteiger partial charge in [0.25, 0.3) is 0 Å². The van der Waals surface area contributed by atoms with Crippen LogP contribution in [-0.4, -0.2) is 170 Å². The summed E-state index contributed by atoms with van der Waals surface area (Å²) in [5, 5.41) is 31.5. The Balaban J connectivity index is 1.20. The highest BCUT2D eigenvalue weighted by atomic mass is 32.2. The fourth-order valence-corrected chi connectivity index (χ4v) is 7.16. The average molecular weight is 773 g/mol. The van der Waals surface area contributed by atoms with Gasteiger partial charge in [0, 0.05) is 71.2 Å². The number of hydrogen-bond donors (Lipinski definition) is 5. The molecule has 296 valence electrons. The number of rotatable bonds is 18. The van der Waals surface area contributed by atoms with Gasteiger partial charge in [-0.3, -0.25) is 48.0 Å². The molecular weight excluding hydrogens is 721 g/mol. The van der Waals surface area contributed by atoms with Crippen molar-refractivity contribution in [3.63, 3.8) is 0 Å². The van der Waals surface area contributed by atoms with E-state index in [9.17, 15) is 38.7 Å². The molecule has 0 spiro atoms. The molecule has 0 radical (unpaired) electrons. The van der Waals surface area contributed by atoms with Crippen molar-refractivity contribution in [3.8, 4) is 5.75 Å². The third-order valence-corrected chi connectivity index (χ3v) is 10.4.